The summed E-state index contributed by atoms with van der Waals surface area (Å²) in [4.78, 5) is 0. The van der Waals surface area contributed by atoms with Crippen molar-refractivity contribution < 1.29 is 44.9 Å². The summed E-state index contributed by atoms with van der Waals surface area (Å²) in [6.45, 7) is -1.63. The summed E-state index contributed by atoms with van der Waals surface area (Å²) < 4.78 is 109. The smallest absolute Gasteiger partial charge is 0.432 e. The molecule has 0 unspecified atom stereocenters. The Hall–Kier alpha value is -3.17. The maximum Gasteiger partial charge on any atom is 0.432 e. The lowest BCUT2D eigenvalue weighted by Crippen LogP contribution is -2.25. The van der Waals surface area contributed by atoms with Crippen LogP contribution in [-0.2, 0) is 6.11 Å². The zero-order chi connectivity index (χ0) is 22.1. The van der Waals surface area contributed by atoms with Gasteiger partial charge in [0.2, 0.25) is 0 Å². The van der Waals surface area contributed by atoms with Crippen LogP contribution in [0.3, 0.4) is 0 Å². The van der Waals surface area contributed by atoms with Gasteiger partial charge in [-0.05, 0) is 36.6 Å². The molecule has 0 bridgehead atoms. The van der Waals surface area contributed by atoms with Crippen molar-refractivity contribution in [2.24, 2.45) is 0 Å². The molecule has 0 N–H and O–H groups in total. The molecule has 0 atom stereocenters. The van der Waals surface area contributed by atoms with E-state index < -0.39 is 47.2 Å². The maximum atomic E-state index is 14.4. The minimum absolute atomic E-state index is 0.00931. The van der Waals surface area contributed by atoms with E-state index in [1.54, 1.807) is 6.92 Å². The Labute approximate surface area is 165 Å². The van der Waals surface area contributed by atoms with Gasteiger partial charge in [-0.25, -0.2) is 13.2 Å². The molecular formula is C20H13F7O3. The van der Waals surface area contributed by atoms with Crippen LogP contribution < -0.4 is 14.2 Å². The number of alkyl halides is 4. The van der Waals surface area contributed by atoms with Gasteiger partial charge in [-0.2, -0.15) is 17.6 Å². The fourth-order valence-corrected chi connectivity index (χ4v) is 2.78. The third kappa shape index (κ3) is 4.37. The second-order valence-electron chi connectivity index (χ2n) is 5.95. The lowest BCUT2D eigenvalue weighted by Gasteiger charge is -2.20. The molecule has 0 saturated heterocycles. The second kappa shape index (κ2) is 8.29. The van der Waals surface area contributed by atoms with Crippen LogP contribution in [0.25, 0.3) is 10.8 Å². The van der Waals surface area contributed by atoms with Crippen molar-refractivity contribution in [3.8, 4) is 17.2 Å². The average Bonchev–Trinajstić information content (AvgIpc) is 2.63. The van der Waals surface area contributed by atoms with Crippen LogP contribution in [0.2, 0.25) is 0 Å². The molecule has 0 aliphatic heterocycles. The molecule has 0 fully saturated rings. The first kappa shape index (κ1) is 21.5. The number of fused-ring (bicyclic) bond motifs is 1. The van der Waals surface area contributed by atoms with Crippen molar-refractivity contribution in [1.29, 1.82) is 0 Å². The molecule has 0 aliphatic carbocycles. The van der Waals surface area contributed by atoms with Crippen molar-refractivity contribution in [2.75, 3.05) is 6.61 Å². The highest BCUT2D eigenvalue weighted by atomic mass is 19.3. The molecule has 0 saturated carbocycles. The highest BCUT2D eigenvalue weighted by molar-refractivity contribution is 5.86. The summed E-state index contributed by atoms with van der Waals surface area (Å²) in [6, 6.07) is 6.06. The predicted molar refractivity (Wildman–Crippen MR) is 92.6 cm³/mol. The molecule has 3 aromatic rings. The van der Waals surface area contributed by atoms with Crippen molar-refractivity contribution in [3.05, 3.63) is 65.5 Å². The number of hydrogen-bond acceptors (Lipinski definition) is 3. The fraction of sp³-hybridized carbons (Fsp3) is 0.200. The normalized spacial score (nSPS) is 11.8. The van der Waals surface area contributed by atoms with Crippen LogP contribution in [0.4, 0.5) is 30.7 Å². The lowest BCUT2D eigenvalue weighted by atomic mass is 10.1. The van der Waals surface area contributed by atoms with Gasteiger partial charge in [-0.15, -0.1) is 0 Å². The van der Waals surface area contributed by atoms with Crippen molar-refractivity contribution >= 4 is 10.8 Å². The number of benzene rings is 3. The first-order chi connectivity index (χ1) is 14.1. The molecule has 0 heterocycles. The van der Waals surface area contributed by atoms with E-state index in [0.717, 1.165) is 30.3 Å². The van der Waals surface area contributed by atoms with Crippen molar-refractivity contribution in [3.63, 3.8) is 0 Å². The Kier molecular flexibility index (Phi) is 5.95. The van der Waals surface area contributed by atoms with Gasteiger partial charge in [0.1, 0.15) is 28.7 Å². The summed E-state index contributed by atoms with van der Waals surface area (Å²) >= 11 is 0. The van der Waals surface area contributed by atoms with Gasteiger partial charge in [0, 0.05) is 17.5 Å². The zero-order valence-corrected chi connectivity index (χ0v) is 15.2. The van der Waals surface area contributed by atoms with Gasteiger partial charge in [0.25, 0.3) is 0 Å². The lowest BCUT2D eigenvalue weighted by molar-refractivity contribution is -0.189. The van der Waals surface area contributed by atoms with Gasteiger partial charge < -0.3 is 14.2 Å². The van der Waals surface area contributed by atoms with Crippen LogP contribution in [0, 0.1) is 17.5 Å². The third-order valence-corrected chi connectivity index (χ3v) is 3.97. The van der Waals surface area contributed by atoms with E-state index >= 15 is 0 Å². The summed E-state index contributed by atoms with van der Waals surface area (Å²) in [7, 11) is 0. The Morgan fingerprint density at radius 1 is 0.900 bits per heavy atom. The molecule has 10 heteroatoms. The quantitative estimate of drug-likeness (QED) is 0.404. The molecule has 160 valence electrons. The van der Waals surface area contributed by atoms with Gasteiger partial charge in [0.05, 0.1) is 6.61 Å². The molecule has 0 spiro atoms. The van der Waals surface area contributed by atoms with E-state index in [1.165, 1.54) is 0 Å². The molecule has 3 aromatic carbocycles. The molecule has 0 amide bonds. The first-order valence-electron chi connectivity index (χ1n) is 8.48. The summed E-state index contributed by atoms with van der Waals surface area (Å²) in [5.41, 5.74) is -1.63. The molecule has 3 rings (SSSR count). The molecule has 30 heavy (non-hydrogen) atoms. The van der Waals surface area contributed by atoms with Crippen LogP contribution >= 0.6 is 0 Å². The van der Waals surface area contributed by atoms with E-state index in [2.05, 4.69) is 9.47 Å². The van der Waals surface area contributed by atoms with Gasteiger partial charge in [0.15, 0.2) is 11.6 Å². The molecule has 3 nitrogen and oxygen atoms in total. The van der Waals surface area contributed by atoms with Gasteiger partial charge >= 0.3 is 12.7 Å². The van der Waals surface area contributed by atoms with Crippen LogP contribution in [0.5, 0.6) is 17.2 Å². The van der Waals surface area contributed by atoms with Crippen molar-refractivity contribution in [1.82, 2.24) is 0 Å². The Morgan fingerprint density at radius 2 is 1.57 bits per heavy atom. The molecule has 0 aromatic heterocycles. The SMILES string of the molecule is CCOc1cc(F)c(C(F)(F)Oc2ccc3c(F)c(OC(F)F)ccc3c2)c(F)c1. The minimum atomic E-state index is -4.41. The van der Waals surface area contributed by atoms with Crippen LogP contribution in [0.15, 0.2) is 42.5 Å². The highest BCUT2D eigenvalue weighted by Crippen LogP contribution is 2.38. The van der Waals surface area contributed by atoms with Crippen molar-refractivity contribution in [2.45, 2.75) is 19.6 Å². The highest BCUT2D eigenvalue weighted by Gasteiger charge is 2.41. The summed E-state index contributed by atoms with van der Waals surface area (Å²) in [5, 5.41) is -0.197. The van der Waals surface area contributed by atoms with E-state index in [-0.39, 0.29) is 23.1 Å². The molecule has 0 radical (unpaired) electrons. The molecule has 0 aliphatic rings. The van der Waals surface area contributed by atoms with Crippen LogP contribution in [-0.4, -0.2) is 13.2 Å². The zero-order valence-electron chi connectivity index (χ0n) is 15.2. The number of ether oxygens (including phenoxy) is 3. The number of rotatable bonds is 7. The van der Waals surface area contributed by atoms with E-state index in [0.29, 0.717) is 12.1 Å². The number of hydrogen-bond donors (Lipinski definition) is 0. The second-order valence-corrected chi connectivity index (χ2v) is 5.95. The Balaban J connectivity index is 1.93. The first-order valence-corrected chi connectivity index (χ1v) is 8.48. The van der Waals surface area contributed by atoms with Gasteiger partial charge in [-0.1, -0.05) is 6.07 Å². The third-order valence-electron chi connectivity index (χ3n) is 3.97. The van der Waals surface area contributed by atoms with Gasteiger partial charge in [-0.3, -0.25) is 0 Å². The summed E-state index contributed by atoms with van der Waals surface area (Å²) in [5.74, 6) is -5.82. The largest absolute Gasteiger partial charge is 0.494 e. The number of halogens is 7. The monoisotopic (exact) mass is 434 g/mol. The van der Waals surface area contributed by atoms with E-state index in [9.17, 15) is 30.7 Å². The Bertz CT molecular complexity index is 1050. The predicted octanol–water partition coefficient (Wildman–Crippen LogP) is 6.39. The fourth-order valence-electron chi connectivity index (χ4n) is 2.78. The van der Waals surface area contributed by atoms with E-state index in [4.69, 9.17) is 4.74 Å². The minimum Gasteiger partial charge on any atom is -0.494 e. The average molecular weight is 434 g/mol. The maximum absolute atomic E-state index is 14.4. The van der Waals surface area contributed by atoms with E-state index in [1.807, 2.05) is 0 Å². The Morgan fingerprint density at radius 3 is 2.17 bits per heavy atom. The topological polar surface area (TPSA) is 27.7 Å². The van der Waals surface area contributed by atoms with Crippen LogP contribution in [0.1, 0.15) is 12.5 Å². The summed E-state index contributed by atoms with van der Waals surface area (Å²) in [6.07, 6.45) is -4.41. The molecular weight excluding hydrogens is 421 g/mol. The standard InChI is InChI=1S/C20H13F7O3/c1-2-28-12-8-14(21)17(15(22)9-12)20(26,27)30-11-4-5-13-10(7-11)3-6-16(18(13)23)29-19(24)25/h3-9,19H,2H2,1H3.